The van der Waals surface area contributed by atoms with Crippen LogP contribution in [0, 0.1) is 5.82 Å². The van der Waals surface area contributed by atoms with Crippen LogP contribution in [-0.4, -0.2) is 37.3 Å². The maximum Gasteiger partial charge on any atom is 0.335 e. The van der Waals surface area contributed by atoms with Crippen LogP contribution in [-0.2, 0) is 16.0 Å². The molecule has 2 N–H and O–H groups in total. The number of amides is 1. The van der Waals surface area contributed by atoms with Crippen molar-refractivity contribution in [2.24, 2.45) is 0 Å². The topological polar surface area (TPSA) is 84.9 Å². The molecule has 0 aliphatic carbocycles. The van der Waals surface area contributed by atoms with E-state index in [1.165, 1.54) is 31.4 Å². The molecule has 7 heteroatoms. The van der Waals surface area contributed by atoms with Gasteiger partial charge in [0, 0.05) is 25.3 Å². The zero-order valence-corrected chi connectivity index (χ0v) is 14.3. The van der Waals surface area contributed by atoms with Gasteiger partial charge < -0.3 is 19.9 Å². The zero-order chi connectivity index (χ0) is 18.9. The normalized spacial score (nSPS) is 10.4. The first-order valence-corrected chi connectivity index (χ1v) is 8.03. The average Bonchev–Trinajstić information content (AvgIpc) is 2.62. The number of halogens is 1. The molecule has 2 aromatic rings. The van der Waals surface area contributed by atoms with Crippen LogP contribution in [0.4, 0.5) is 10.1 Å². The van der Waals surface area contributed by atoms with E-state index in [0.717, 1.165) is 5.56 Å². The van der Waals surface area contributed by atoms with Crippen LogP contribution >= 0.6 is 0 Å². The maximum absolute atomic E-state index is 13.9. The van der Waals surface area contributed by atoms with Gasteiger partial charge in [0.2, 0.25) is 5.91 Å². The predicted molar refractivity (Wildman–Crippen MR) is 94.1 cm³/mol. The molecule has 0 spiro atoms. The van der Waals surface area contributed by atoms with Crippen molar-refractivity contribution < 1.29 is 28.6 Å². The van der Waals surface area contributed by atoms with Gasteiger partial charge in [-0.25, -0.2) is 9.18 Å². The van der Waals surface area contributed by atoms with Gasteiger partial charge in [-0.3, -0.25) is 4.79 Å². The van der Waals surface area contributed by atoms with Crippen LogP contribution in [0.25, 0.3) is 0 Å². The van der Waals surface area contributed by atoms with Crippen molar-refractivity contribution in [2.45, 2.75) is 12.8 Å². The fraction of sp³-hybridized carbons (Fsp3) is 0.263. The number of aryl methyl sites for hydroxylation is 1. The summed E-state index contributed by atoms with van der Waals surface area (Å²) in [5, 5.41) is 11.5. The highest BCUT2D eigenvalue weighted by molar-refractivity contribution is 5.91. The van der Waals surface area contributed by atoms with Gasteiger partial charge in [0.05, 0.1) is 12.2 Å². The molecule has 0 heterocycles. The first-order valence-electron chi connectivity index (χ1n) is 8.03. The van der Waals surface area contributed by atoms with E-state index in [4.69, 9.17) is 14.6 Å². The van der Waals surface area contributed by atoms with Crippen molar-refractivity contribution in [3.05, 3.63) is 59.4 Å². The molecule has 0 saturated carbocycles. The van der Waals surface area contributed by atoms with Gasteiger partial charge in [-0.2, -0.15) is 0 Å². The lowest BCUT2D eigenvalue weighted by molar-refractivity contribution is -0.116. The molecule has 0 saturated heterocycles. The summed E-state index contributed by atoms with van der Waals surface area (Å²) >= 11 is 0. The van der Waals surface area contributed by atoms with Crippen LogP contribution in [0.2, 0.25) is 0 Å². The number of carbonyl (C=O) groups excluding carboxylic acids is 1. The first kappa shape index (κ1) is 19.4. The second-order valence-electron chi connectivity index (χ2n) is 5.54. The van der Waals surface area contributed by atoms with Crippen molar-refractivity contribution in [2.75, 3.05) is 25.6 Å². The number of anilines is 1. The Balaban J connectivity index is 1.85. The number of aromatic carboxylic acids is 1. The highest BCUT2D eigenvalue weighted by Gasteiger charge is 2.08. The SMILES string of the molecule is COCCOc1ccc(NC(=O)CCc2ccc(C(=O)O)cc2)cc1F. The molecule has 6 nitrogen and oxygen atoms in total. The van der Waals surface area contributed by atoms with Crippen LogP contribution in [0.1, 0.15) is 22.3 Å². The van der Waals surface area contributed by atoms with E-state index in [1.54, 1.807) is 18.2 Å². The quantitative estimate of drug-likeness (QED) is 0.671. The number of carboxylic acid groups (broad SMARTS) is 1. The molecule has 0 fully saturated rings. The van der Waals surface area contributed by atoms with E-state index in [9.17, 15) is 14.0 Å². The molecular weight excluding hydrogens is 341 g/mol. The van der Waals surface area contributed by atoms with E-state index in [1.807, 2.05) is 0 Å². The van der Waals surface area contributed by atoms with Gasteiger partial charge in [0.1, 0.15) is 6.61 Å². The van der Waals surface area contributed by atoms with Gasteiger partial charge >= 0.3 is 5.97 Å². The van der Waals surface area contributed by atoms with Gasteiger partial charge in [-0.15, -0.1) is 0 Å². The molecule has 0 radical (unpaired) electrons. The Labute approximate surface area is 150 Å². The standard InChI is InChI=1S/C19H20FNO5/c1-25-10-11-26-17-8-7-15(12-16(17)20)21-18(22)9-4-13-2-5-14(6-3-13)19(23)24/h2-3,5-8,12H,4,9-11H2,1H3,(H,21,22)(H,23,24). The lowest BCUT2D eigenvalue weighted by Gasteiger charge is -2.09. The van der Waals surface area contributed by atoms with Crippen LogP contribution < -0.4 is 10.1 Å². The van der Waals surface area contributed by atoms with E-state index >= 15 is 0 Å². The lowest BCUT2D eigenvalue weighted by Crippen LogP contribution is -2.13. The largest absolute Gasteiger partial charge is 0.488 e. The summed E-state index contributed by atoms with van der Waals surface area (Å²) in [5.41, 5.74) is 1.38. The Hall–Kier alpha value is -2.93. The smallest absolute Gasteiger partial charge is 0.335 e. The lowest BCUT2D eigenvalue weighted by atomic mass is 10.1. The summed E-state index contributed by atoms with van der Waals surface area (Å²) in [6, 6.07) is 10.5. The van der Waals surface area contributed by atoms with E-state index in [-0.39, 0.29) is 30.2 Å². The van der Waals surface area contributed by atoms with Crippen LogP contribution in [0.3, 0.4) is 0 Å². The molecule has 0 aromatic heterocycles. The molecule has 2 aromatic carbocycles. The van der Waals surface area contributed by atoms with Gasteiger partial charge in [-0.05, 0) is 36.2 Å². The Morgan fingerprint density at radius 3 is 2.46 bits per heavy atom. The molecule has 0 aliphatic rings. The maximum atomic E-state index is 13.9. The number of carboxylic acids is 1. The number of hydrogen-bond donors (Lipinski definition) is 2. The third-order valence-electron chi connectivity index (χ3n) is 3.60. The zero-order valence-electron chi connectivity index (χ0n) is 14.3. The number of rotatable bonds is 9. The summed E-state index contributed by atoms with van der Waals surface area (Å²) in [6.45, 7) is 0.588. The fourth-order valence-electron chi connectivity index (χ4n) is 2.23. The number of methoxy groups -OCH3 is 1. The highest BCUT2D eigenvalue weighted by atomic mass is 19.1. The molecular formula is C19H20FNO5. The number of nitrogens with one attached hydrogen (secondary N) is 1. The molecule has 1 amide bonds. The molecule has 2 rings (SSSR count). The van der Waals surface area contributed by atoms with Crippen LogP contribution in [0.15, 0.2) is 42.5 Å². The molecule has 0 atom stereocenters. The molecule has 0 aliphatic heterocycles. The minimum absolute atomic E-state index is 0.0959. The third kappa shape index (κ3) is 5.86. The Morgan fingerprint density at radius 2 is 1.85 bits per heavy atom. The van der Waals surface area contributed by atoms with E-state index < -0.39 is 11.8 Å². The van der Waals surface area contributed by atoms with Crippen molar-refractivity contribution in [1.29, 1.82) is 0 Å². The Bertz CT molecular complexity index is 761. The second-order valence-corrected chi connectivity index (χ2v) is 5.54. The molecule has 138 valence electrons. The summed E-state index contributed by atoms with van der Waals surface area (Å²) < 4.78 is 24.0. The van der Waals surface area contributed by atoms with E-state index in [2.05, 4.69) is 5.32 Å². The summed E-state index contributed by atoms with van der Waals surface area (Å²) in [6.07, 6.45) is 0.645. The summed E-state index contributed by atoms with van der Waals surface area (Å²) in [4.78, 5) is 22.8. The van der Waals surface area contributed by atoms with E-state index in [0.29, 0.717) is 18.7 Å². The van der Waals surface area contributed by atoms with Crippen LogP contribution in [0.5, 0.6) is 5.75 Å². The molecule has 0 unspecified atom stereocenters. The number of carbonyl (C=O) groups is 2. The number of hydrogen-bond acceptors (Lipinski definition) is 4. The van der Waals surface area contributed by atoms with Gasteiger partial charge in [0.25, 0.3) is 0 Å². The first-order chi connectivity index (χ1) is 12.5. The van der Waals surface area contributed by atoms with Crippen molar-refractivity contribution in [3.8, 4) is 5.75 Å². The van der Waals surface area contributed by atoms with Crippen molar-refractivity contribution >= 4 is 17.6 Å². The average molecular weight is 361 g/mol. The molecule has 26 heavy (non-hydrogen) atoms. The minimum atomic E-state index is -0.994. The highest BCUT2D eigenvalue weighted by Crippen LogP contribution is 2.21. The molecule has 0 bridgehead atoms. The van der Waals surface area contributed by atoms with Gasteiger partial charge in [-0.1, -0.05) is 12.1 Å². The Kier molecular flexibility index (Phi) is 7.11. The monoisotopic (exact) mass is 361 g/mol. The Morgan fingerprint density at radius 1 is 1.12 bits per heavy atom. The second kappa shape index (κ2) is 9.53. The fourth-order valence-corrected chi connectivity index (χ4v) is 2.23. The van der Waals surface area contributed by atoms with Crippen molar-refractivity contribution in [1.82, 2.24) is 0 Å². The summed E-state index contributed by atoms with van der Waals surface area (Å²) in [5.74, 6) is -1.73. The number of benzene rings is 2. The summed E-state index contributed by atoms with van der Waals surface area (Å²) in [7, 11) is 1.53. The minimum Gasteiger partial charge on any atom is -0.488 e. The predicted octanol–water partition coefficient (Wildman–Crippen LogP) is 3.12. The van der Waals surface area contributed by atoms with Gasteiger partial charge in [0.15, 0.2) is 11.6 Å². The third-order valence-corrected chi connectivity index (χ3v) is 3.60. The number of ether oxygens (including phenoxy) is 2. The van der Waals surface area contributed by atoms with Crippen molar-refractivity contribution in [3.63, 3.8) is 0 Å².